The maximum atomic E-state index is 5.79. The molecule has 0 spiro atoms. The maximum absolute atomic E-state index is 5.79. The van der Waals surface area contributed by atoms with Crippen molar-refractivity contribution in [2.24, 2.45) is 12.8 Å². The Balaban J connectivity index is 1.88. The van der Waals surface area contributed by atoms with Crippen LogP contribution in [-0.4, -0.2) is 28.5 Å². The summed E-state index contributed by atoms with van der Waals surface area (Å²) in [6.07, 6.45) is 9.21. The number of aryl methyl sites for hydroxylation is 1. The summed E-state index contributed by atoms with van der Waals surface area (Å²) in [4.78, 5) is 9.05. The summed E-state index contributed by atoms with van der Waals surface area (Å²) in [5.74, 6) is 0.660. The van der Waals surface area contributed by atoms with E-state index in [4.69, 9.17) is 5.73 Å². The smallest absolute Gasteiger partial charge is 0.180 e. The Morgan fingerprint density at radius 3 is 2.91 bits per heavy atom. The fourth-order valence-corrected chi connectivity index (χ4v) is 2.88. The summed E-state index contributed by atoms with van der Waals surface area (Å²) >= 11 is 1.36. The molecule has 0 unspecified atom stereocenters. The Labute approximate surface area is 135 Å². The second-order valence-electron chi connectivity index (χ2n) is 5.03. The lowest BCUT2D eigenvalue weighted by molar-refractivity contribution is 0.768. The first-order valence-electron chi connectivity index (χ1n) is 6.98. The fourth-order valence-electron chi connectivity index (χ4n) is 2.38. The van der Waals surface area contributed by atoms with E-state index in [9.17, 15) is 0 Å². The van der Waals surface area contributed by atoms with Gasteiger partial charge in [0, 0.05) is 37.7 Å². The number of aromatic nitrogens is 6. The third kappa shape index (κ3) is 2.45. The van der Waals surface area contributed by atoms with Crippen molar-refractivity contribution in [2.45, 2.75) is 6.54 Å². The quantitative estimate of drug-likeness (QED) is 0.593. The minimum atomic E-state index is 0.345. The number of nitrogens with zero attached hydrogens (tertiary/aromatic N) is 6. The van der Waals surface area contributed by atoms with Crippen LogP contribution >= 0.6 is 11.5 Å². The highest BCUT2D eigenvalue weighted by atomic mass is 32.1. The number of hydrogen-bond acceptors (Lipinski definition) is 7. The van der Waals surface area contributed by atoms with E-state index in [1.54, 1.807) is 10.9 Å². The molecule has 4 aromatic heterocycles. The van der Waals surface area contributed by atoms with Crippen LogP contribution in [0.3, 0.4) is 0 Å². The van der Waals surface area contributed by atoms with Crippen LogP contribution in [0.4, 0.5) is 10.8 Å². The van der Waals surface area contributed by atoms with E-state index in [-0.39, 0.29) is 0 Å². The average Bonchev–Trinajstić information content (AvgIpc) is 3.27. The third-order valence-electron chi connectivity index (χ3n) is 3.43. The average molecular weight is 326 g/mol. The van der Waals surface area contributed by atoms with E-state index in [1.165, 1.54) is 11.5 Å². The highest BCUT2D eigenvalue weighted by molar-refractivity contribution is 7.10. The highest BCUT2D eigenvalue weighted by Gasteiger charge is 2.14. The van der Waals surface area contributed by atoms with E-state index < -0.39 is 0 Å². The summed E-state index contributed by atoms with van der Waals surface area (Å²) in [6, 6.07) is 1.89. The van der Waals surface area contributed by atoms with Gasteiger partial charge < -0.3 is 11.1 Å². The molecule has 23 heavy (non-hydrogen) atoms. The van der Waals surface area contributed by atoms with Crippen molar-refractivity contribution in [1.82, 2.24) is 28.5 Å². The molecular weight excluding hydrogens is 312 g/mol. The number of nitrogens with two attached hydrogens (primary N) is 1. The van der Waals surface area contributed by atoms with Crippen LogP contribution in [0.2, 0.25) is 0 Å². The monoisotopic (exact) mass is 326 g/mol. The van der Waals surface area contributed by atoms with Crippen LogP contribution in [-0.2, 0) is 13.6 Å². The normalized spacial score (nSPS) is 11.2. The topological polar surface area (TPSA) is 99.0 Å². The Morgan fingerprint density at radius 1 is 1.30 bits per heavy atom. The molecule has 0 aromatic carbocycles. The second-order valence-corrected chi connectivity index (χ2v) is 5.86. The molecule has 3 N–H and O–H groups in total. The van der Waals surface area contributed by atoms with E-state index >= 15 is 0 Å². The minimum absolute atomic E-state index is 0.345. The lowest BCUT2D eigenvalue weighted by Gasteiger charge is -2.08. The van der Waals surface area contributed by atoms with Gasteiger partial charge in [0.05, 0.1) is 23.8 Å². The molecule has 0 saturated carbocycles. The second kappa shape index (κ2) is 5.45. The molecule has 0 amide bonds. The molecule has 8 nitrogen and oxygen atoms in total. The SMILES string of the molecule is Cn1cc(-c2cnc3c(Nc4ccns4)nc(CN)cn23)cn1. The van der Waals surface area contributed by atoms with Crippen molar-refractivity contribution in [2.75, 3.05) is 5.32 Å². The minimum Gasteiger partial charge on any atom is -0.328 e. The zero-order valence-corrected chi connectivity index (χ0v) is 13.2. The third-order valence-corrected chi connectivity index (χ3v) is 4.09. The van der Waals surface area contributed by atoms with Gasteiger partial charge >= 0.3 is 0 Å². The van der Waals surface area contributed by atoms with Crippen LogP contribution < -0.4 is 11.1 Å². The standard InChI is InChI=1S/C14H14N8S/c1-21-7-9(5-17-21)11-6-16-14-13(20-12-2-3-18-23-12)19-10(4-15)8-22(11)14/h2-3,5-8H,4,15H2,1H3,(H,19,20). The molecule has 0 saturated heterocycles. The maximum Gasteiger partial charge on any atom is 0.180 e. The largest absolute Gasteiger partial charge is 0.328 e. The van der Waals surface area contributed by atoms with Gasteiger partial charge in [-0.05, 0) is 17.6 Å². The number of rotatable bonds is 4. The van der Waals surface area contributed by atoms with Gasteiger partial charge in [0.15, 0.2) is 11.5 Å². The molecule has 0 bridgehead atoms. The van der Waals surface area contributed by atoms with Gasteiger partial charge in [0.1, 0.15) is 5.00 Å². The number of anilines is 2. The van der Waals surface area contributed by atoms with Gasteiger partial charge in [-0.15, -0.1) is 0 Å². The van der Waals surface area contributed by atoms with Gasteiger partial charge in [0.25, 0.3) is 0 Å². The molecule has 4 aromatic rings. The zero-order chi connectivity index (χ0) is 15.8. The van der Waals surface area contributed by atoms with Crippen molar-refractivity contribution in [3.63, 3.8) is 0 Å². The first-order chi connectivity index (χ1) is 11.2. The predicted molar refractivity (Wildman–Crippen MR) is 88.5 cm³/mol. The Kier molecular flexibility index (Phi) is 3.28. The van der Waals surface area contributed by atoms with Crippen LogP contribution in [0.15, 0.2) is 37.1 Å². The molecule has 116 valence electrons. The molecule has 4 heterocycles. The Morgan fingerprint density at radius 2 is 2.22 bits per heavy atom. The van der Waals surface area contributed by atoms with Crippen molar-refractivity contribution in [3.05, 3.63) is 42.7 Å². The summed E-state index contributed by atoms with van der Waals surface area (Å²) in [6.45, 7) is 0.345. The molecule has 0 fully saturated rings. The van der Waals surface area contributed by atoms with Crippen LogP contribution in [0.1, 0.15) is 5.69 Å². The van der Waals surface area contributed by atoms with Gasteiger partial charge in [0.2, 0.25) is 0 Å². The number of hydrogen-bond donors (Lipinski definition) is 2. The molecule has 0 aliphatic rings. The van der Waals surface area contributed by atoms with Gasteiger partial charge in [-0.3, -0.25) is 9.08 Å². The molecule has 9 heteroatoms. The summed E-state index contributed by atoms with van der Waals surface area (Å²) in [7, 11) is 1.89. The van der Waals surface area contributed by atoms with Crippen molar-refractivity contribution in [1.29, 1.82) is 0 Å². The number of imidazole rings is 1. The molecule has 0 aliphatic heterocycles. The van der Waals surface area contributed by atoms with Gasteiger partial charge in [-0.2, -0.15) is 9.47 Å². The summed E-state index contributed by atoms with van der Waals surface area (Å²) in [5.41, 5.74) is 9.22. The van der Waals surface area contributed by atoms with Crippen molar-refractivity contribution >= 4 is 28.0 Å². The fraction of sp³-hybridized carbons (Fsp3) is 0.143. The highest BCUT2D eigenvalue weighted by Crippen LogP contribution is 2.26. The van der Waals surface area contributed by atoms with Gasteiger partial charge in [-0.1, -0.05) is 0 Å². The Hall–Kier alpha value is -2.78. The lowest BCUT2D eigenvalue weighted by Crippen LogP contribution is -2.06. The summed E-state index contributed by atoms with van der Waals surface area (Å²) in [5, 5.41) is 8.38. The lowest BCUT2D eigenvalue weighted by atomic mass is 10.3. The molecule has 0 aliphatic carbocycles. The summed E-state index contributed by atoms with van der Waals surface area (Å²) < 4.78 is 7.83. The van der Waals surface area contributed by atoms with Crippen LogP contribution in [0, 0.1) is 0 Å². The first kappa shape index (κ1) is 13.9. The molecule has 0 atom stereocenters. The number of fused-ring (bicyclic) bond motifs is 1. The predicted octanol–water partition coefficient (Wildman–Crippen LogP) is 1.79. The van der Waals surface area contributed by atoms with E-state index in [0.29, 0.717) is 12.4 Å². The molecular formula is C14H14N8S. The van der Waals surface area contributed by atoms with Crippen LogP contribution in [0.5, 0.6) is 0 Å². The first-order valence-corrected chi connectivity index (χ1v) is 7.75. The van der Waals surface area contributed by atoms with E-state index in [0.717, 1.165) is 27.6 Å². The van der Waals surface area contributed by atoms with Crippen molar-refractivity contribution < 1.29 is 0 Å². The molecule has 0 radical (unpaired) electrons. The number of nitrogens with one attached hydrogen (secondary N) is 1. The zero-order valence-electron chi connectivity index (χ0n) is 12.3. The van der Waals surface area contributed by atoms with E-state index in [2.05, 4.69) is 24.8 Å². The van der Waals surface area contributed by atoms with Crippen molar-refractivity contribution in [3.8, 4) is 11.3 Å². The van der Waals surface area contributed by atoms with Crippen LogP contribution in [0.25, 0.3) is 16.9 Å². The Bertz CT molecular complexity index is 953. The molecule has 4 rings (SSSR count). The van der Waals surface area contributed by atoms with Gasteiger partial charge in [-0.25, -0.2) is 9.97 Å². The van der Waals surface area contributed by atoms with E-state index in [1.807, 2.05) is 42.3 Å².